The van der Waals surface area contributed by atoms with Crippen LogP contribution in [0.2, 0.25) is 0 Å². The summed E-state index contributed by atoms with van der Waals surface area (Å²) < 4.78 is 17.3. The summed E-state index contributed by atoms with van der Waals surface area (Å²) in [5, 5.41) is 1.72. The van der Waals surface area contributed by atoms with Gasteiger partial charge >= 0.3 is 0 Å². The van der Waals surface area contributed by atoms with Gasteiger partial charge in [0.2, 0.25) is 0 Å². The Balaban J connectivity index is 1.69. The number of benzene rings is 1. The number of ether oxygens (including phenoxy) is 1. The molecule has 104 valence electrons. The van der Waals surface area contributed by atoms with Crippen LogP contribution >= 0.6 is 0 Å². The molecule has 0 aliphatic carbocycles. The average Bonchev–Trinajstić information content (AvgIpc) is 2.79. The summed E-state index contributed by atoms with van der Waals surface area (Å²) in [5.74, 6) is 0.885. The van der Waals surface area contributed by atoms with Crippen LogP contribution in [0.15, 0.2) is 28.5 Å². The van der Waals surface area contributed by atoms with Gasteiger partial charge in [-0.1, -0.05) is 39.0 Å². The van der Waals surface area contributed by atoms with Gasteiger partial charge in [-0.3, -0.25) is 0 Å². The molecule has 0 fully saturated rings. The Morgan fingerprint density at radius 3 is 2.74 bits per heavy atom. The highest BCUT2D eigenvalue weighted by molar-refractivity contribution is 7.88. The molecule has 0 saturated carbocycles. The zero-order chi connectivity index (χ0) is 13.5. The van der Waals surface area contributed by atoms with Crippen LogP contribution in [-0.2, 0) is 10.8 Å². The molecule has 1 heterocycles. The highest BCUT2D eigenvalue weighted by atomic mass is 32.2. The molecule has 1 aromatic rings. The Labute approximate surface area is 118 Å². The Kier molecular flexibility index (Phi) is 5.64. The van der Waals surface area contributed by atoms with Crippen LogP contribution in [0.5, 0.6) is 5.75 Å². The molecular formula is C16H22O2S. The van der Waals surface area contributed by atoms with Crippen molar-refractivity contribution in [2.24, 2.45) is 0 Å². The van der Waals surface area contributed by atoms with E-state index >= 15 is 0 Å². The lowest BCUT2D eigenvalue weighted by Crippen LogP contribution is -1.98. The molecule has 0 bridgehead atoms. The van der Waals surface area contributed by atoms with Crippen LogP contribution in [0, 0.1) is 0 Å². The Hall–Kier alpha value is -1.09. The van der Waals surface area contributed by atoms with Gasteiger partial charge < -0.3 is 4.74 Å². The maximum Gasteiger partial charge on any atom is 0.119 e. The number of rotatable bonds is 8. The lowest BCUT2D eigenvalue weighted by molar-refractivity contribution is 0.304. The highest BCUT2D eigenvalue weighted by Crippen LogP contribution is 2.27. The van der Waals surface area contributed by atoms with E-state index in [0.717, 1.165) is 29.2 Å². The second-order valence-electron chi connectivity index (χ2n) is 4.92. The van der Waals surface area contributed by atoms with Gasteiger partial charge in [0.05, 0.1) is 22.3 Å². The van der Waals surface area contributed by atoms with Crippen molar-refractivity contribution >= 4 is 16.9 Å². The molecule has 0 amide bonds. The van der Waals surface area contributed by atoms with E-state index in [1.807, 2.05) is 24.3 Å². The molecule has 0 N–H and O–H groups in total. The largest absolute Gasteiger partial charge is 0.494 e. The molecule has 2 nitrogen and oxygen atoms in total. The van der Waals surface area contributed by atoms with E-state index in [4.69, 9.17) is 4.74 Å². The first kappa shape index (κ1) is 14.3. The summed E-state index contributed by atoms with van der Waals surface area (Å²) in [6, 6.07) is 5.80. The van der Waals surface area contributed by atoms with Crippen molar-refractivity contribution in [3.05, 3.63) is 29.2 Å². The minimum Gasteiger partial charge on any atom is -0.494 e. The first-order valence-electron chi connectivity index (χ1n) is 7.17. The molecule has 0 radical (unpaired) electrons. The number of fused-ring (bicyclic) bond motifs is 1. The number of hydrogen-bond acceptors (Lipinski definition) is 2. The molecular weight excluding hydrogens is 256 g/mol. The average molecular weight is 278 g/mol. The van der Waals surface area contributed by atoms with Crippen molar-refractivity contribution in [2.75, 3.05) is 6.61 Å². The lowest BCUT2D eigenvalue weighted by Gasteiger charge is -2.07. The van der Waals surface area contributed by atoms with Gasteiger partial charge in [-0.15, -0.1) is 0 Å². The van der Waals surface area contributed by atoms with E-state index in [0.29, 0.717) is 0 Å². The van der Waals surface area contributed by atoms with E-state index in [2.05, 4.69) is 6.92 Å². The zero-order valence-electron chi connectivity index (χ0n) is 11.6. The fourth-order valence-electron chi connectivity index (χ4n) is 2.21. The third kappa shape index (κ3) is 4.20. The predicted octanol–water partition coefficient (Wildman–Crippen LogP) is 4.52. The summed E-state index contributed by atoms with van der Waals surface area (Å²) in [5.41, 5.74) is 1.03. The van der Waals surface area contributed by atoms with Crippen LogP contribution in [-0.4, -0.2) is 10.8 Å². The van der Waals surface area contributed by atoms with Crippen LogP contribution in [0.25, 0.3) is 6.08 Å². The Morgan fingerprint density at radius 1 is 1.11 bits per heavy atom. The lowest BCUT2D eigenvalue weighted by atomic mass is 10.1. The number of unbranched alkanes of at least 4 members (excludes halogenated alkanes) is 5. The molecule has 3 heteroatoms. The molecule has 1 aromatic carbocycles. The molecule has 0 saturated heterocycles. The quantitative estimate of drug-likeness (QED) is 0.654. The summed E-state index contributed by atoms with van der Waals surface area (Å²) in [7, 11) is -0.954. The summed E-state index contributed by atoms with van der Waals surface area (Å²) in [4.78, 5) is 0.895. The van der Waals surface area contributed by atoms with Crippen molar-refractivity contribution in [3.63, 3.8) is 0 Å². The molecule has 1 unspecified atom stereocenters. The maximum absolute atomic E-state index is 11.5. The van der Waals surface area contributed by atoms with Gasteiger partial charge in [0.1, 0.15) is 5.75 Å². The number of hydrogen-bond donors (Lipinski definition) is 0. The predicted molar refractivity (Wildman–Crippen MR) is 80.8 cm³/mol. The van der Waals surface area contributed by atoms with Gasteiger partial charge in [-0.25, -0.2) is 4.21 Å². The molecule has 19 heavy (non-hydrogen) atoms. The molecule has 0 spiro atoms. The van der Waals surface area contributed by atoms with Crippen molar-refractivity contribution in [1.29, 1.82) is 0 Å². The fourth-order valence-corrected chi connectivity index (χ4v) is 3.19. The summed E-state index contributed by atoms with van der Waals surface area (Å²) >= 11 is 0. The standard InChI is InChI=1S/C16H22O2S/c1-2-3-4-5-6-7-11-18-15-8-9-16-14(13-15)10-12-19(16)17/h8-10,12-13H,2-7,11H2,1H3. The van der Waals surface area contributed by atoms with Crippen molar-refractivity contribution in [1.82, 2.24) is 0 Å². The van der Waals surface area contributed by atoms with Crippen LogP contribution in [0.1, 0.15) is 51.0 Å². The monoisotopic (exact) mass is 278 g/mol. The molecule has 1 atom stereocenters. The Morgan fingerprint density at radius 2 is 1.89 bits per heavy atom. The van der Waals surface area contributed by atoms with Crippen LogP contribution in [0.3, 0.4) is 0 Å². The molecule has 2 rings (SSSR count). The molecule has 0 aromatic heterocycles. The van der Waals surface area contributed by atoms with Gasteiger partial charge in [0.15, 0.2) is 0 Å². The third-order valence-electron chi connectivity index (χ3n) is 3.34. The van der Waals surface area contributed by atoms with Crippen LogP contribution in [0.4, 0.5) is 0 Å². The van der Waals surface area contributed by atoms with E-state index < -0.39 is 10.8 Å². The van der Waals surface area contributed by atoms with E-state index in [9.17, 15) is 4.21 Å². The van der Waals surface area contributed by atoms with Gasteiger partial charge in [0, 0.05) is 5.41 Å². The maximum atomic E-state index is 11.5. The normalized spacial score (nSPS) is 16.6. The topological polar surface area (TPSA) is 26.3 Å². The Bertz CT molecular complexity index is 466. The second kappa shape index (κ2) is 7.49. The van der Waals surface area contributed by atoms with Gasteiger partial charge in [0.25, 0.3) is 0 Å². The molecule has 1 aliphatic heterocycles. The SMILES string of the molecule is CCCCCCCCOc1ccc2c(c1)C=CS2=O. The zero-order valence-corrected chi connectivity index (χ0v) is 12.4. The first-order valence-corrected chi connectivity index (χ1v) is 8.38. The fraction of sp³-hybridized carbons (Fsp3) is 0.500. The van der Waals surface area contributed by atoms with Gasteiger partial charge in [-0.2, -0.15) is 0 Å². The van der Waals surface area contributed by atoms with Crippen molar-refractivity contribution in [3.8, 4) is 5.75 Å². The van der Waals surface area contributed by atoms with Gasteiger partial charge in [-0.05, 0) is 36.3 Å². The second-order valence-corrected chi connectivity index (χ2v) is 6.22. The highest BCUT2D eigenvalue weighted by Gasteiger charge is 2.12. The molecule has 1 aliphatic rings. The van der Waals surface area contributed by atoms with Crippen molar-refractivity contribution in [2.45, 2.75) is 50.3 Å². The summed E-state index contributed by atoms with van der Waals surface area (Å²) in [6.45, 7) is 3.01. The smallest absolute Gasteiger partial charge is 0.119 e. The minimum absolute atomic E-state index is 0.776. The van der Waals surface area contributed by atoms with Crippen molar-refractivity contribution < 1.29 is 8.95 Å². The minimum atomic E-state index is -0.954. The van der Waals surface area contributed by atoms with E-state index in [1.54, 1.807) is 5.41 Å². The van der Waals surface area contributed by atoms with E-state index in [-0.39, 0.29) is 0 Å². The van der Waals surface area contributed by atoms with Crippen LogP contribution < -0.4 is 4.74 Å². The summed E-state index contributed by atoms with van der Waals surface area (Å²) in [6.07, 6.45) is 9.55. The first-order chi connectivity index (χ1) is 9.31. The third-order valence-corrected chi connectivity index (χ3v) is 4.52. The van der Waals surface area contributed by atoms with E-state index in [1.165, 1.54) is 32.1 Å².